The molecule has 0 aliphatic carbocycles. The predicted octanol–water partition coefficient (Wildman–Crippen LogP) is 1.41. The van der Waals surface area contributed by atoms with Gasteiger partial charge >= 0.3 is 0 Å². The summed E-state index contributed by atoms with van der Waals surface area (Å²) in [7, 11) is 0. The van der Waals surface area contributed by atoms with Crippen LogP contribution in [0.3, 0.4) is 0 Å². The molecule has 5 nitrogen and oxygen atoms in total. The van der Waals surface area contributed by atoms with Crippen molar-refractivity contribution in [2.24, 2.45) is 0 Å². The molecule has 0 saturated carbocycles. The smallest absolute Gasteiger partial charge is 0.230 e. The van der Waals surface area contributed by atoms with E-state index in [-0.39, 0.29) is 18.6 Å². The van der Waals surface area contributed by atoms with Gasteiger partial charge in [-0.3, -0.25) is 4.79 Å². The fourth-order valence-corrected chi connectivity index (χ4v) is 2.49. The number of aryl methyl sites for hydroxylation is 2. The number of rotatable bonds is 7. The van der Waals surface area contributed by atoms with Crippen LogP contribution in [0.25, 0.3) is 0 Å². The standard InChI is InChI=1S/C12H20N2O3S/c1-4-10(5-15)13-12(16)7-18-6-11-8(2)14-17-9(11)3/h10,15H,4-7H2,1-3H3,(H,13,16)/t10-/m0/s1. The number of hydrogen-bond acceptors (Lipinski definition) is 5. The van der Waals surface area contributed by atoms with Crippen LogP contribution in [0.1, 0.15) is 30.4 Å². The monoisotopic (exact) mass is 272 g/mol. The summed E-state index contributed by atoms with van der Waals surface area (Å²) in [6.07, 6.45) is 0.733. The number of aliphatic hydroxyl groups is 1. The zero-order valence-electron chi connectivity index (χ0n) is 11.0. The maximum Gasteiger partial charge on any atom is 0.230 e. The molecule has 0 aromatic carbocycles. The molecule has 1 amide bonds. The van der Waals surface area contributed by atoms with Crippen molar-refractivity contribution in [2.75, 3.05) is 12.4 Å². The molecule has 1 rings (SSSR count). The summed E-state index contributed by atoms with van der Waals surface area (Å²) < 4.78 is 5.06. The second kappa shape index (κ2) is 7.43. The highest BCUT2D eigenvalue weighted by Crippen LogP contribution is 2.19. The van der Waals surface area contributed by atoms with Crippen LogP contribution < -0.4 is 5.32 Å². The third kappa shape index (κ3) is 4.34. The van der Waals surface area contributed by atoms with Gasteiger partial charge in [0.25, 0.3) is 0 Å². The number of aromatic nitrogens is 1. The lowest BCUT2D eigenvalue weighted by atomic mass is 10.2. The Kier molecular flexibility index (Phi) is 6.21. The van der Waals surface area contributed by atoms with Crippen molar-refractivity contribution in [1.29, 1.82) is 0 Å². The average Bonchev–Trinajstić information content (AvgIpc) is 2.67. The van der Waals surface area contributed by atoms with E-state index in [4.69, 9.17) is 9.63 Å². The second-order valence-electron chi connectivity index (χ2n) is 4.15. The first-order valence-electron chi connectivity index (χ1n) is 5.98. The van der Waals surface area contributed by atoms with Crippen molar-refractivity contribution in [3.63, 3.8) is 0 Å². The molecule has 0 unspecified atom stereocenters. The minimum absolute atomic E-state index is 0.0171. The van der Waals surface area contributed by atoms with Crippen LogP contribution in [0.5, 0.6) is 0 Å². The van der Waals surface area contributed by atoms with Crippen molar-refractivity contribution >= 4 is 17.7 Å². The quantitative estimate of drug-likeness (QED) is 0.785. The van der Waals surface area contributed by atoms with Crippen LogP contribution >= 0.6 is 11.8 Å². The zero-order chi connectivity index (χ0) is 13.5. The molecule has 0 fully saturated rings. The molecule has 18 heavy (non-hydrogen) atoms. The van der Waals surface area contributed by atoms with Crippen LogP contribution in [0.15, 0.2) is 4.52 Å². The van der Waals surface area contributed by atoms with Gasteiger partial charge in [0.1, 0.15) is 5.76 Å². The Labute approximate surface area is 111 Å². The van der Waals surface area contributed by atoms with E-state index < -0.39 is 0 Å². The largest absolute Gasteiger partial charge is 0.394 e. The fraction of sp³-hybridized carbons (Fsp3) is 0.667. The lowest BCUT2D eigenvalue weighted by Crippen LogP contribution is -2.38. The van der Waals surface area contributed by atoms with E-state index in [0.29, 0.717) is 11.5 Å². The van der Waals surface area contributed by atoms with E-state index in [1.807, 2.05) is 20.8 Å². The number of amides is 1. The minimum atomic E-state index is -0.142. The Morgan fingerprint density at radius 3 is 2.78 bits per heavy atom. The third-order valence-electron chi connectivity index (χ3n) is 2.74. The second-order valence-corrected chi connectivity index (χ2v) is 5.14. The van der Waals surface area contributed by atoms with Gasteiger partial charge in [-0.1, -0.05) is 12.1 Å². The molecule has 1 aromatic rings. The average molecular weight is 272 g/mol. The minimum Gasteiger partial charge on any atom is -0.394 e. The van der Waals surface area contributed by atoms with Crippen LogP contribution in [-0.4, -0.2) is 34.6 Å². The molecule has 0 aliphatic rings. The Morgan fingerprint density at radius 2 is 2.28 bits per heavy atom. The number of carbonyl (C=O) groups is 1. The number of hydrogen-bond donors (Lipinski definition) is 2. The predicted molar refractivity (Wildman–Crippen MR) is 71.4 cm³/mol. The van der Waals surface area contributed by atoms with Gasteiger partial charge in [0.2, 0.25) is 5.91 Å². The Hall–Kier alpha value is -1.01. The van der Waals surface area contributed by atoms with Gasteiger partial charge in [-0.05, 0) is 20.3 Å². The van der Waals surface area contributed by atoms with E-state index in [1.165, 1.54) is 11.8 Å². The normalized spacial score (nSPS) is 12.4. The molecule has 1 aromatic heterocycles. The summed E-state index contributed by atoms with van der Waals surface area (Å²) in [5.41, 5.74) is 1.93. The molecule has 1 atom stereocenters. The first kappa shape index (κ1) is 15.0. The summed E-state index contributed by atoms with van der Waals surface area (Å²) in [4.78, 5) is 11.6. The van der Waals surface area contributed by atoms with Crippen LogP contribution in [0.4, 0.5) is 0 Å². The molecule has 2 N–H and O–H groups in total. The summed E-state index contributed by atoms with van der Waals surface area (Å²) in [5.74, 6) is 1.85. The summed E-state index contributed by atoms with van der Waals surface area (Å²) in [5, 5.41) is 15.6. The molecule has 6 heteroatoms. The van der Waals surface area contributed by atoms with E-state index >= 15 is 0 Å². The number of nitrogens with one attached hydrogen (secondary N) is 1. The number of thioether (sulfide) groups is 1. The highest BCUT2D eigenvalue weighted by atomic mass is 32.2. The molecular weight excluding hydrogens is 252 g/mol. The van der Waals surface area contributed by atoms with Gasteiger partial charge in [0.15, 0.2) is 0 Å². The van der Waals surface area contributed by atoms with Crippen LogP contribution in [0.2, 0.25) is 0 Å². The van der Waals surface area contributed by atoms with Gasteiger partial charge in [0.05, 0.1) is 24.1 Å². The Bertz CT molecular complexity index is 369. The van der Waals surface area contributed by atoms with E-state index in [1.54, 1.807) is 0 Å². The molecule has 1 heterocycles. The molecule has 0 radical (unpaired) electrons. The highest BCUT2D eigenvalue weighted by Gasteiger charge is 2.12. The van der Waals surface area contributed by atoms with Crippen LogP contribution in [0, 0.1) is 13.8 Å². The van der Waals surface area contributed by atoms with E-state index in [2.05, 4.69) is 10.5 Å². The fourth-order valence-electron chi connectivity index (χ4n) is 1.50. The van der Waals surface area contributed by atoms with Crippen molar-refractivity contribution in [2.45, 2.75) is 39.0 Å². The topological polar surface area (TPSA) is 75.4 Å². The molecule has 102 valence electrons. The third-order valence-corrected chi connectivity index (χ3v) is 3.70. The van der Waals surface area contributed by atoms with Crippen molar-refractivity contribution < 1.29 is 14.4 Å². The van der Waals surface area contributed by atoms with Crippen molar-refractivity contribution in [1.82, 2.24) is 10.5 Å². The SMILES string of the molecule is CC[C@@H](CO)NC(=O)CSCc1c(C)noc1C. The van der Waals surface area contributed by atoms with E-state index in [9.17, 15) is 4.79 Å². The van der Waals surface area contributed by atoms with Gasteiger partial charge < -0.3 is 14.9 Å². The lowest BCUT2D eigenvalue weighted by Gasteiger charge is -2.13. The maximum absolute atomic E-state index is 11.6. The lowest BCUT2D eigenvalue weighted by molar-refractivity contribution is -0.119. The Balaban J connectivity index is 2.32. The van der Waals surface area contributed by atoms with Crippen molar-refractivity contribution in [3.8, 4) is 0 Å². The van der Waals surface area contributed by atoms with Gasteiger partial charge in [-0.15, -0.1) is 11.8 Å². The molecular formula is C12H20N2O3S. The first-order chi connectivity index (χ1) is 8.58. The summed E-state index contributed by atoms with van der Waals surface area (Å²) >= 11 is 1.52. The molecule has 0 bridgehead atoms. The maximum atomic E-state index is 11.6. The van der Waals surface area contributed by atoms with Gasteiger partial charge in [-0.2, -0.15) is 0 Å². The van der Waals surface area contributed by atoms with Crippen molar-refractivity contribution in [3.05, 3.63) is 17.0 Å². The molecule has 0 spiro atoms. The number of carbonyl (C=O) groups excluding carboxylic acids is 1. The number of nitrogens with zero attached hydrogens (tertiary/aromatic N) is 1. The van der Waals surface area contributed by atoms with Gasteiger partial charge in [-0.25, -0.2) is 0 Å². The van der Waals surface area contributed by atoms with Crippen LogP contribution in [-0.2, 0) is 10.5 Å². The number of aliphatic hydroxyl groups excluding tert-OH is 1. The van der Waals surface area contributed by atoms with Gasteiger partial charge in [0, 0.05) is 11.3 Å². The Morgan fingerprint density at radius 1 is 1.56 bits per heavy atom. The summed E-state index contributed by atoms with van der Waals surface area (Å²) in [6, 6.07) is -0.142. The van der Waals surface area contributed by atoms with E-state index in [0.717, 1.165) is 23.4 Å². The molecule has 0 aliphatic heterocycles. The zero-order valence-corrected chi connectivity index (χ0v) is 11.8. The summed E-state index contributed by atoms with van der Waals surface area (Å²) in [6.45, 7) is 5.68. The highest BCUT2D eigenvalue weighted by molar-refractivity contribution is 7.99. The first-order valence-corrected chi connectivity index (χ1v) is 7.13. The molecule has 0 saturated heterocycles.